The van der Waals surface area contributed by atoms with Gasteiger partial charge < -0.3 is 15.2 Å². The highest BCUT2D eigenvalue weighted by Crippen LogP contribution is 2.34. The summed E-state index contributed by atoms with van der Waals surface area (Å²) in [5, 5.41) is 3.99. The number of rotatable bonds is 3. The Balaban J connectivity index is 2.12. The third kappa shape index (κ3) is 2.18. The second kappa shape index (κ2) is 3.90. The predicted molar refractivity (Wildman–Crippen MR) is 56.0 cm³/mol. The van der Waals surface area contributed by atoms with Crippen molar-refractivity contribution in [1.29, 1.82) is 0 Å². The van der Waals surface area contributed by atoms with Gasteiger partial charge in [0, 0.05) is 0 Å². The van der Waals surface area contributed by atoms with Gasteiger partial charge in [0.25, 0.3) is 0 Å². The molecule has 1 aliphatic rings. The van der Waals surface area contributed by atoms with Crippen LogP contribution in [-0.2, 0) is 12.1 Å². The first-order chi connectivity index (χ1) is 7.10. The van der Waals surface area contributed by atoms with Gasteiger partial charge in [0.15, 0.2) is 5.82 Å². The summed E-state index contributed by atoms with van der Waals surface area (Å²) in [6.45, 7) is 0.670. The molecule has 84 valence electrons. The molecule has 1 aromatic rings. The molecule has 1 aliphatic carbocycles. The molecule has 2 rings (SSSR count). The van der Waals surface area contributed by atoms with E-state index in [4.69, 9.17) is 10.3 Å². The number of aromatic nitrogens is 2. The molecule has 1 heterocycles. The summed E-state index contributed by atoms with van der Waals surface area (Å²) in [5.74, 6) is 1.32. The van der Waals surface area contributed by atoms with Crippen molar-refractivity contribution in [3.05, 3.63) is 11.7 Å². The van der Waals surface area contributed by atoms with Crippen LogP contribution in [0.2, 0.25) is 0 Å². The molecule has 0 saturated heterocycles. The van der Waals surface area contributed by atoms with Crippen LogP contribution in [0.25, 0.3) is 0 Å². The van der Waals surface area contributed by atoms with Crippen molar-refractivity contribution in [3.8, 4) is 0 Å². The molecule has 1 aromatic heterocycles. The first kappa shape index (κ1) is 10.6. The fourth-order valence-corrected chi connectivity index (χ4v) is 2.02. The Labute approximate surface area is 89.6 Å². The summed E-state index contributed by atoms with van der Waals surface area (Å²) in [6, 6.07) is 0. The van der Waals surface area contributed by atoms with Gasteiger partial charge >= 0.3 is 0 Å². The minimum Gasteiger partial charge on any atom is -0.338 e. The molecule has 0 amide bonds. The molecule has 0 aromatic carbocycles. The smallest absolute Gasteiger partial charge is 0.240 e. The third-order valence-corrected chi connectivity index (χ3v) is 2.86. The molecule has 0 bridgehead atoms. The SMILES string of the molecule is CN(C)Cc1nc(C2(N)CCCC2)no1. The Morgan fingerprint density at radius 1 is 1.40 bits per heavy atom. The van der Waals surface area contributed by atoms with Gasteiger partial charge in [0.05, 0.1) is 12.1 Å². The second-order valence-corrected chi connectivity index (χ2v) is 4.61. The lowest BCUT2D eigenvalue weighted by molar-refractivity contribution is 0.297. The summed E-state index contributed by atoms with van der Waals surface area (Å²) < 4.78 is 5.17. The summed E-state index contributed by atoms with van der Waals surface area (Å²) in [6.07, 6.45) is 4.25. The lowest BCUT2D eigenvalue weighted by Crippen LogP contribution is -2.34. The molecule has 0 unspecified atom stereocenters. The van der Waals surface area contributed by atoms with E-state index < -0.39 is 0 Å². The van der Waals surface area contributed by atoms with E-state index in [9.17, 15) is 0 Å². The summed E-state index contributed by atoms with van der Waals surface area (Å²) in [7, 11) is 3.94. The Bertz CT molecular complexity index is 328. The Morgan fingerprint density at radius 3 is 2.67 bits per heavy atom. The van der Waals surface area contributed by atoms with Gasteiger partial charge in [-0.3, -0.25) is 0 Å². The maximum atomic E-state index is 6.23. The lowest BCUT2D eigenvalue weighted by Gasteiger charge is -2.17. The van der Waals surface area contributed by atoms with Crippen LogP contribution in [0.1, 0.15) is 37.4 Å². The van der Waals surface area contributed by atoms with Crippen molar-refractivity contribution >= 4 is 0 Å². The van der Waals surface area contributed by atoms with Crippen LogP contribution in [0.5, 0.6) is 0 Å². The number of hydrogen-bond donors (Lipinski definition) is 1. The molecule has 0 aliphatic heterocycles. The monoisotopic (exact) mass is 210 g/mol. The highest BCUT2D eigenvalue weighted by molar-refractivity contribution is 5.06. The molecule has 0 spiro atoms. The molecule has 0 atom stereocenters. The van der Waals surface area contributed by atoms with Crippen LogP contribution < -0.4 is 5.73 Å². The number of hydrogen-bond acceptors (Lipinski definition) is 5. The van der Waals surface area contributed by atoms with Crippen LogP contribution in [0.3, 0.4) is 0 Å². The van der Waals surface area contributed by atoms with Crippen LogP contribution >= 0.6 is 0 Å². The van der Waals surface area contributed by atoms with E-state index in [0.29, 0.717) is 18.3 Å². The average Bonchev–Trinajstić information content (AvgIpc) is 2.74. The second-order valence-electron chi connectivity index (χ2n) is 4.61. The molecular formula is C10H18N4O. The van der Waals surface area contributed by atoms with Crippen LogP contribution in [0.15, 0.2) is 4.52 Å². The fourth-order valence-electron chi connectivity index (χ4n) is 2.02. The van der Waals surface area contributed by atoms with Crippen LogP contribution in [0.4, 0.5) is 0 Å². The maximum absolute atomic E-state index is 6.23. The van der Waals surface area contributed by atoms with Crippen LogP contribution in [-0.4, -0.2) is 29.1 Å². The van der Waals surface area contributed by atoms with E-state index in [2.05, 4.69) is 10.1 Å². The molecule has 0 radical (unpaired) electrons. The summed E-state index contributed by atoms with van der Waals surface area (Å²) >= 11 is 0. The summed E-state index contributed by atoms with van der Waals surface area (Å²) in [4.78, 5) is 6.35. The van der Waals surface area contributed by atoms with Gasteiger partial charge in [-0.1, -0.05) is 18.0 Å². The van der Waals surface area contributed by atoms with Crippen molar-refractivity contribution in [2.45, 2.75) is 37.8 Å². The highest BCUT2D eigenvalue weighted by atomic mass is 16.5. The third-order valence-electron chi connectivity index (χ3n) is 2.86. The quantitative estimate of drug-likeness (QED) is 0.801. The van der Waals surface area contributed by atoms with Crippen molar-refractivity contribution in [2.24, 2.45) is 5.73 Å². The lowest BCUT2D eigenvalue weighted by atomic mass is 9.99. The zero-order chi connectivity index (χ0) is 10.9. The van der Waals surface area contributed by atoms with E-state index in [1.807, 2.05) is 19.0 Å². The molecule has 5 heteroatoms. The Kier molecular flexibility index (Phi) is 2.75. The Hall–Kier alpha value is -0.940. The van der Waals surface area contributed by atoms with Gasteiger partial charge in [-0.05, 0) is 26.9 Å². The molecule has 1 fully saturated rings. The number of nitrogens with two attached hydrogens (primary N) is 1. The van der Waals surface area contributed by atoms with Gasteiger partial charge in [-0.25, -0.2) is 0 Å². The van der Waals surface area contributed by atoms with E-state index in [0.717, 1.165) is 25.7 Å². The maximum Gasteiger partial charge on any atom is 0.240 e. The zero-order valence-corrected chi connectivity index (χ0v) is 9.36. The number of nitrogens with zero attached hydrogens (tertiary/aromatic N) is 3. The van der Waals surface area contributed by atoms with Gasteiger partial charge in [-0.2, -0.15) is 4.98 Å². The topological polar surface area (TPSA) is 68.2 Å². The predicted octanol–water partition coefficient (Wildman–Crippen LogP) is 0.859. The van der Waals surface area contributed by atoms with E-state index in [-0.39, 0.29) is 5.54 Å². The molecule has 1 saturated carbocycles. The standard InChI is InChI=1S/C10H18N4O/c1-14(2)7-8-12-9(13-15-8)10(11)5-3-4-6-10/h3-7,11H2,1-2H3. The van der Waals surface area contributed by atoms with E-state index in [1.165, 1.54) is 0 Å². The highest BCUT2D eigenvalue weighted by Gasteiger charge is 2.35. The molecule has 2 N–H and O–H groups in total. The molecule has 5 nitrogen and oxygen atoms in total. The van der Waals surface area contributed by atoms with Gasteiger partial charge in [0.2, 0.25) is 5.89 Å². The molecular weight excluding hydrogens is 192 g/mol. The Morgan fingerprint density at radius 2 is 2.07 bits per heavy atom. The first-order valence-electron chi connectivity index (χ1n) is 5.37. The minimum atomic E-state index is -0.339. The largest absolute Gasteiger partial charge is 0.338 e. The van der Waals surface area contributed by atoms with Crippen molar-refractivity contribution in [3.63, 3.8) is 0 Å². The fraction of sp³-hybridized carbons (Fsp3) is 0.800. The van der Waals surface area contributed by atoms with Gasteiger partial charge in [0.1, 0.15) is 0 Å². The molecule has 15 heavy (non-hydrogen) atoms. The van der Waals surface area contributed by atoms with E-state index in [1.54, 1.807) is 0 Å². The van der Waals surface area contributed by atoms with Gasteiger partial charge in [-0.15, -0.1) is 0 Å². The zero-order valence-electron chi connectivity index (χ0n) is 9.36. The van der Waals surface area contributed by atoms with E-state index >= 15 is 0 Å². The van der Waals surface area contributed by atoms with Crippen molar-refractivity contribution in [1.82, 2.24) is 15.0 Å². The normalized spacial score (nSPS) is 20.0. The van der Waals surface area contributed by atoms with Crippen LogP contribution in [0, 0.1) is 0 Å². The van der Waals surface area contributed by atoms with Crippen molar-refractivity contribution < 1.29 is 4.52 Å². The minimum absolute atomic E-state index is 0.339. The van der Waals surface area contributed by atoms with Crippen molar-refractivity contribution in [2.75, 3.05) is 14.1 Å². The average molecular weight is 210 g/mol. The first-order valence-corrected chi connectivity index (χ1v) is 5.37. The summed E-state index contributed by atoms with van der Waals surface area (Å²) in [5.41, 5.74) is 5.89.